The molecule has 0 radical (unpaired) electrons. The zero-order chi connectivity index (χ0) is 19.5. The minimum atomic E-state index is -0.288. The molecule has 28 heavy (non-hydrogen) atoms. The predicted molar refractivity (Wildman–Crippen MR) is 105 cm³/mol. The Labute approximate surface area is 162 Å². The fourth-order valence-corrected chi connectivity index (χ4v) is 2.98. The van der Waals surface area contributed by atoms with E-state index in [2.05, 4.69) is 20.8 Å². The lowest BCUT2D eigenvalue weighted by Gasteiger charge is -2.11. The van der Waals surface area contributed by atoms with Crippen molar-refractivity contribution in [3.8, 4) is 11.5 Å². The van der Waals surface area contributed by atoms with Gasteiger partial charge in [-0.15, -0.1) is 10.2 Å². The number of aromatic nitrogens is 2. The largest absolute Gasteiger partial charge is 0.454 e. The topological polar surface area (TPSA) is 85.4 Å². The summed E-state index contributed by atoms with van der Waals surface area (Å²) in [6.07, 6.45) is 0. The number of carbonyl (C=O) groups is 1. The van der Waals surface area contributed by atoms with Crippen LogP contribution in [0.15, 0.2) is 48.5 Å². The van der Waals surface area contributed by atoms with E-state index in [0.717, 1.165) is 22.4 Å². The van der Waals surface area contributed by atoms with E-state index in [-0.39, 0.29) is 18.4 Å². The van der Waals surface area contributed by atoms with Crippen LogP contribution in [0.4, 0.5) is 11.5 Å². The van der Waals surface area contributed by atoms with Gasteiger partial charge in [0.2, 0.25) is 6.79 Å². The van der Waals surface area contributed by atoms with E-state index < -0.39 is 0 Å². The second kappa shape index (κ2) is 7.56. The summed E-state index contributed by atoms with van der Waals surface area (Å²) in [5, 5.41) is 14.2. The second-order valence-corrected chi connectivity index (χ2v) is 6.57. The SMILES string of the molecule is Cc1cccc(C)c1Nc1ccc(C(=O)NCc2ccc3c(c2)OCO3)nn1. The van der Waals surface area contributed by atoms with Crippen LogP contribution in [0.2, 0.25) is 0 Å². The fourth-order valence-electron chi connectivity index (χ4n) is 2.98. The molecule has 0 unspecified atom stereocenters. The Morgan fingerprint density at radius 1 is 1.00 bits per heavy atom. The highest BCUT2D eigenvalue weighted by Crippen LogP contribution is 2.32. The number of nitrogens with one attached hydrogen (secondary N) is 2. The lowest BCUT2D eigenvalue weighted by atomic mass is 10.1. The number of para-hydroxylation sites is 1. The van der Waals surface area contributed by atoms with Gasteiger partial charge in [0, 0.05) is 12.2 Å². The maximum Gasteiger partial charge on any atom is 0.272 e. The quantitative estimate of drug-likeness (QED) is 0.709. The number of hydrogen-bond donors (Lipinski definition) is 2. The molecule has 7 nitrogen and oxygen atoms in total. The molecule has 1 aromatic heterocycles. The van der Waals surface area contributed by atoms with Crippen molar-refractivity contribution in [2.45, 2.75) is 20.4 Å². The van der Waals surface area contributed by atoms with Crippen molar-refractivity contribution in [3.63, 3.8) is 0 Å². The molecule has 7 heteroatoms. The van der Waals surface area contributed by atoms with Crippen molar-refractivity contribution in [2.75, 3.05) is 12.1 Å². The first-order valence-corrected chi connectivity index (χ1v) is 8.94. The van der Waals surface area contributed by atoms with Crippen LogP contribution >= 0.6 is 0 Å². The van der Waals surface area contributed by atoms with Crippen LogP contribution in [-0.4, -0.2) is 22.9 Å². The second-order valence-electron chi connectivity index (χ2n) is 6.57. The summed E-state index contributed by atoms with van der Waals surface area (Å²) in [5.74, 6) is 1.70. The lowest BCUT2D eigenvalue weighted by molar-refractivity contribution is 0.0945. The highest BCUT2D eigenvalue weighted by atomic mass is 16.7. The van der Waals surface area contributed by atoms with Crippen LogP contribution in [0.25, 0.3) is 0 Å². The zero-order valence-corrected chi connectivity index (χ0v) is 15.7. The number of fused-ring (bicyclic) bond motifs is 1. The molecule has 142 valence electrons. The van der Waals surface area contributed by atoms with Crippen molar-refractivity contribution in [1.29, 1.82) is 0 Å². The Hall–Kier alpha value is -3.61. The van der Waals surface area contributed by atoms with Gasteiger partial charge in [-0.05, 0) is 54.8 Å². The van der Waals surface area contributed by atoms with Gasteiger partial charge in [-0.1, -0.05) is 24.3 Å². The Morgan fingerprint density at radius 3 is 2.54 bits per heavy atom. The molecule has 0 saturated carbocycles. The third-order valence-corrected chi connectivity index (χ3v) is 4.52. The number of carbonyl (C=O) groups excluding carboxylic acids is 1. The Morgan fingerprint density at radius 2 is 1.79 bits per heavy atom. The summed E-state index contributed by atoms with van der Waals surface area (Å²) in [7, 11) is 0. The van der Waals surface area contributed by atoms with Gasteiger partial charge in [0.1, 0.15) is 0 Å². The number of anilines is 2. The molecule has 1 aliphatic heterocycles. The van der Waals surface area contributed by atoms with Crippen LogP contribution in [-0.2, 0) is 6.54 Å². The third kappa shape index (κ3) is 3.73. The summed E-state index contributed by atoms with van der Waals surface area (Å²) in [6, 6.07) is 15.0. The monoisotopic (exact) mass is 376 g/mol. The van der Waals surface area contributed by atoms with Gasteiger partial charge in [0.05, 0.1) is 0 Å². The molecule has 4 rings (SSSR count). The molecule has 0 spiro atoms. The molecule has 0 bridgehead atoms. The van der Waals surface area contributed by atoms with Crippen LogP contribution in [0.1, 0.15) is 27.2 Å². The molecule has 2 aromatic carbocycles. The Balaban J connectivity index is 1.39. The number of benzene rings is 2. The van der Waals surface area contributed by atoms with Crippen LogP contribution in [0, 0.1) is 13.8 Å². The van der Waals surface area contributed by atoms with Gasteiger partial charge < -0.3 is 20.1 Å². The summed E-state index contributed by atoms with van der Waals surface area (Å²) in [5.41, 5.74) is 4.41. The van der Waals surface area contributed by atoms with Crippen LogP contribution in [0.3, 0.4) is 0 Å². The molecule has 0 atom stereocenters. The average molecular weight is 376 g/mol. The zero-order valence-electron chi connectivity index (χ0n) is 15.7. The van der Waals surface area contributed by atoms with Crippen molar-refractivity contribution in [1.82, 2.24) is 15.5 Å². The summed E-state index contributed by atoms with van der Waals surface area (Å²) < 4.78 is 10.6. The van der Waals surface area contributed by atoms with E-state index in [1.54, 1.807) is 12.1 Å². The van der Waals surface area contributed by atoms with E-state index >= 15 is 0 Å². The molecule has 0 aliphatic carbocycles. The van der Waals surface area contributed by atoms with Crippen LogP contribution in [0.5, 0.6) is 11.5 Å². The van der Waals surface area contributed by atoms with Crippen LogP contribution < -0.4 is 20.1 Å². The molecule has 0 fully saturated rings. The third-order valence-electron chi connectivity index (χ3n) is 4.52. The molecule has 1 aliphatic rings. The number of amides is 1. The minimum Gasteiger partial charge on any atom is -0.454 e. The number of ether oxygens (including phenoxy) is 2. The van der Waals surface area contributed by atoms with E-state index in [9.17, 15) is 4.79 Å². The summed E-state index contributed by atoms with van der Waals surface area (Å²) in [4.78, 5) is 12.3. The number of hydrogen-bond acceptors (Lipinski definition) is 6. The number of nitrogens with zero attached hydrogens (tertiary/aromatic N) is 2. The number of aryl methyl sites for hydroxylation is 2. The molecule has 2 heterocycles. The van der Waals surface area contributed by atoms with E-state index in [4.69, 9.17) is 9.47 Å². The van der Waals surface area contributed by atoms with Gasteiger partial charge in [-0.2, -0.15) is 0 Å². The van der Waals surface area contributed by atoms with Gasteiger partial charge in [-0.25, -0.2) is 0 Å². The first kappa shape index (κ1) is 17.8. The highest BCUT2D eigenvalue weighted by Gasteiger charge is 2.14. The Kier molecular flexibility index (Phi) is 4.80. The molecule has 1 amide bonds. The summed E-state index contributed by atoms with van der Waals surface area (Å²) in [6.45, 7) is 4.64. The van der Waals surface area contributed by atoms with Crippen molar-refractivity contribution in [3.05, 3.63) is 70.9 Å². The maximum absolute atomic E-state index is 12.3. The highest BCUT2D eigenvalue weighted by molar-refractivity contribution is 5.92. The molecule has 3 aromatic rings. The predicted octanol–water partition coefficient (Wildman–Crippen LogP) is 3.50. The van der Waals surface area contributed by atoms with Gasteiger partial charge >= 0.3 is 0 Å². The Bertz CT molecular complexity index is 998. The molecular weight excluding hydrogens is 356 g/mol. The van der Waals surface area contributed by atoms with Gasteiger partial charge in [0.15, 0.2) is 23.0 Å². The van der Waals surface area contributed by atoms with E-state index in [0.29, 0.717) is 23.9 Å². The van der Waals surface area contributed by atoms with Gasteiger partial charge in [-0.3, -0.25) is 4.79 Å². The van der Waals surface area contributed by atoms with Crippen molar-refractivity contribution in [2.24, 2.45) is 0 Å². The van der Waals surface area contributed by atoms with E-state index in [1.807, 2.05) is 50.2 Å². The molecule has 0 saturated heterocycles. The maximum atomic E-state index is 12.3. The minimum absolute atomic E-state index is 0.225. The van der Waals surface area contributed by atoms with Gasteiger partial charge in [0.25, 0.3) is 5.91 Å². The van der Waals surface area contributed by atoms with Crippen molar-refractivity contribution >= 4 is 17.4 Å². The first-order valence-electron chi connectivity index (χ1n) is 8.94. The fraction of sp³-hybridized carbons (Fsp3) is 0.190. The van der Waals surface area contributed by atoms with Crippen molar-refractivity contribution < 1.29 is 14.3 Å². The van der Waals surface area contributed by atoms with E-state index in [1.165, 1.54) is 0 Å². The smallest absolute Gasteiger partial charge is 0.272 e. The standard InChI is InChI=1S/C21H20N4O3/c1-13-4-3-5-14(2)20(13)23-19-9-7-16(24-25-19)21(26)22-11-15-6-8-17-18(10-15)28-12-27-17/h3-10H,11-12H2,1-2H3,(H,22,26)(H,23,25). The average Bonchev–Trinajstić information content (AvgIpc) is 3.17. The normalized spacial score (nSPS) is 11.9. The number of rotatable bonds is 5. The first-order chi connectivity index (χ1) is 13.6. The molecular formula is C21H20N4O3. The summed E-state index contributed by atoms with van der Waals surface area (Å²) >= 11 is 0. The lowest BCUT2D eigenvalue weighted by Crippen LogP contribution is -2.24. The molecule has 2 N–H and O–H groups in total.